The van der Waals surface area contributed by atoms with E-state index in [1.807, 2.05) is 38.2 Å². The third-order valence-corrected chi connectivity index (χ3v) is 5.12. The Hall–Kier alpha value is -3.13. The zero-order valence-corrected chi connectivity index (χ0v) is 24.0. The Balaban J connectivity index is 0.000000672. The Morgan fingerprint density at radius 1 is 1.11 bits per heavy atom. The first kappa shape index (κ1) is 29.9. The molecule has 1 radical (unpaired) electrons. The summed E-state index contributed by atoms with van der Waals surface area (Å²) in [5.41, 5.74) is 8.64. The molecule has 0 saturated carbocycles. The molecule has 3 aromatic rings. The van der Waals surface area contributed by atoms with E-state index < -0.39 is 0 Å². The number of aryl methyl sites for hydroxylation is 3. The predicted octanol–water partition coefficient (Wildman–Crippen LogP) is 6.74. The van der Waals surface area contributed by atoms with Crippen molar-refractivity contribution >= 4 is 5.78 Å². The maximum Gasteiger partial charge on any atom is 0.155 e. The van der Waals surface area contributed by atoms with Gasteiger partial charge in [-0.1, -0.05) is 33.8 Å². The second-order valence-corrected chi connectivity index (χ2v) is 9.44. The van der Waals surface area contributed by atoms with Crippen LogP contribution in [0.2, 0.25) is 0 Å². The van der Waals surface area contributed by atoms with Crippen molar-refractivity contribution in [2.24, 2.45) is 0 Å². The average Bonchev–Trinajstić information content (AvgIpc) is 2.72. The van der Waals surface area contributed by atoms with Crippen LogP contribution in [0.15, 0.2) is 48.4 Å². The van der Waals surface area contributed by atoms with Crippen molar-refractivity contribution < 1.29 is 30.0 Å². The van der Waals surface area contributed by atoms with Crippen LogP contribution in [0.25, 0.3) is 22.5 Å². The van der Waals surface area contributed by atoms with E-state index in [0.717, 1.165) is 39.3 Å². The second-order valence-electron chi connectivity index (χ2n) is 9.44. The summed E-state index contributed by atoms with van der Waals surface area (Å²) >= 11 is 0. The van der Waals surface area contributed by atoms with Gasteiger partial charge in [0.25, 0.3) is 0 Å². The summed E-state index contributed by atoms with van der Waals surface area (Å²) < 4.78 is 0. The SMILES string of the molecule is CC(=O)/C=C(/C)O.Cc1[c-]c(-c2ncc(-c3ccc(C#N)cc3C)nc2C)cc(C(C)(C)C)c1.[Ir]. The van der Waals surface area contributed by atoms with Crippen LogP contribution in [0.1, 0.15) is 62.6 Å². The second kappa shape index (κ2) is 12.5. The molecule has 2 aromatic carbocycles. The number of nitrogens with zero attached hydrogens (tertiary/aromatic N) is 3. The summed E-state index contributed by atoms with van der Waals surface area (Å²) in [6.07, 6.45) is 2.98. The smallest absolute Gasteiger partial charge is 0.155 e. The molecule has 5 nitrogen and oxygen atoms in total. The van der Waals surface area contributed by atoms with Gasteiger partial charge in [0, 0.05) is 49.3 Å². The molecule has 0 amide bonds. The predicted molar refractivity (Wildman–Crippen MR) is 136 cm³/mol. The quantitative estimate of drug-likeness (QED) is 0.194. The number of rotatable bonds is 3. The zero-order valence-electron chi connectivity index (χ0n) is 21.6. The van der Waals surface area contributed by atoms with E-state index in [2.05, 4.69) is 52.0 Å². The normalized spacial score (nSPS) is 11.0. The summed E-state index contributed by atoms with van der Waals surface area (Å²) in [7, 11) is 0. The Labute approximate surface area is 222 Å². The number of aromatic nitrogens is 2. The van der Waals surface area contributed by atoms with Gasteiger partial charge < -0.3 is 10.1 Å². The first-order chi connectivity index (χ1) is 15.8. The van der Waals surface area contributed by atoms with E-state index in [4.69, 9.17) is 20.3 Å². The van der Waals surface area contributed by atoms with Crippen LogP contribution in [0, 0.1) is 38.2 Å². The Morgan fingerprint density at radius 2 is 1.77 bits per heavy atom. The number of hydrogen-bond donors (Lipinski definition) is 1. The molecular formula is C29H32IrN3O2-. The van der Waals surface area contributed by atoms with E-state index in [9.17, 15) is 4.79 Å². The molecule has 1 N–H and O–H groups in total. The van der Waals surface area contributed by atoms with Gasteiger partial charge in [0.15, 0.2) is 5.78 Å². The Morgan fingerprint density at radius 3 is 2.23 bits per heavy atom. The first-order valence-electron chi connectivity index (χ1n) is 11.1. The molecule has 185 valence electrons. The van der Waals surface area contributed by atoms with Crippen molar-refractivity contribution in [1.82, 2.24) is 9.97 Å². The maximum absolute atomic E-state index is 10.0. The van der Waals surface area contributed by atoms with Crippen LogP contribution in [-0.4, -0.2) is 20.9 Å². The van der Waals surface area contributed by atoms with E-state index >= 15 is 0 Å². The molecule has 0 atom stereocenters. The van der Waals surface area contributed by atoms with Gasteiger partial charge >= 0.3 is 0 Å². The van der Waals surface area contributed by atoms with Crippen molar-refractivity contribution in [3.63, 3.8) is 0 Å². The molecule has 0 saturated heterocycles. The number of benzene rings is 2. The van der Waals surface area contributed by atoms with Crippen molar-refractivity contribution in [2.45, 2.75) is 60.8 Å². The molecule has 0 aliphatic carbocycles. The number of carbonyl (C=O) groups excluding carboxylic acids is 1. The molecule has 3 rings (SSSR count). The standard InChI is InChI=1S/C24H24N3.C5H8O2.Ir/c1-15-9-19(12-20(10-15)24(4,5)6)23-17(3)27-22(14-26-23)21-8-7-18(13-25)11-16(21)2;1-4(6)3-5(2)7;/h7-8,10-12,14H,1-6H3;3,6H,1-2H3;/q-1;;/b;4-3-;. The van der Waals surface area contributed by atoms with E-state index in [-0.39, 0.29) is 37.1 Å². The maximum atomic E-state index is 10.0. The number of hydrogen-bond acceptors (Lipinski definition) is 5. The molecule has 0 spiro atoms. The fourth-order valence-electron chi connectivity index (χ4n) is 3.47. The van der Waals surface area contributed by atoms with E-state index in [1.165, 1.54) is 25.5 Å². The van der Waals surface area contributed by atoms with Gasteiger partial charge in [0.2, 0.25) is 0 Å². The van der Waals surface area contributed by atoms with Crippen LogP contribution in [0.3, 0.4) is 0 Å². The fourth-order valence-corrected chi connectivity index (χ4v) is 3.47. The van der Waals surface area contributed by atoms with Gasteiger partial charge in [-0.25, -0.2) is 0 Å². The van der Waals surface area contributed by atoms with Crippen molar-refractivity contribution in [3.8, 4) is 28.6 Å². The Kier molecular flexibility index (Phi) is 10.7. The van der Waals surface area contributed by atoms with Crippen LogP contribution < -0.4 is 0 Å². The summed E-state index contributed by atoms with van der Waals surface area (Å²) in [5, 5.41) is 17.4. The van der Waals surface area contributed by atoms with Gasteiger partial charge in [-0.05, 0) is 50.8 Å². The first-order valence-corrected chi connectivity index (χ1v) is 11.1. The van der Waals surface area contributed by atoms with E-state index in [0.29, 0.717) is 5.56 Å². The van der Waals surface area contributed by atoms with Crippen molar-refractivity contribution in [1.29, 1.82) is 5.26 Å². The third-order valence-electron chi connectivity index (χ3n) is 5.12. The Bertz CT molecular complexity index is 1280. The molecule has 0 aliphatic rings. The summed E-state index contributed by atoms with van der Waals surface area (Å²) in [5.74, 6) is -0.0625. The molecule has 0 bridgehead atoms. The summed E-state index contributed by atoms with van der Waals surface area (Å²) in [6.45, 7) is 15.5. The van der Waals surface area contributed by atoms with E-state index in [1.54, 1.807) is 0 Å². The number of aliphatic hydroxyl groups is 1. The van der Waals surface area contributed by atoms with Crippen LogP contribution in [-0.2, 0) is 30.3 Å². The number of carbonyl (C=O) groups is 1. The number of aliphatic hydroxyl groups excluding tert-OH is 1. The number of ketones is 1. The number of allylic oxidation sites excluding steroid dienone is 2. The summed E-state index contributed by atoms with van der Waals surface area (Å²) in [6, 6.07) is 15.6. The molecule has 0 fully saturated rings. The van der Waals surface area contributed by atoms with Crippen molar-refractivity contribution in [2.75, 3.05) is 0 Å². The minimum absolute atomic E-state index is 0. The minimum atomic E-state index is -0.125. The minimum Gasteiger partial charge on any atom is -0.512 e. The molecule has 0 aliphatic heterocycles. The molecule has 0 unspecified atom stereocenters. The molecule has 1 aromatic heterocycles. The molecular weight excluding hydrogens is 615 g/mol. The molecule has 35 heavy (non-hydrogen) atoms. The van der Waals surface area contributed by atoms with Crippen LogP contribution in [0.4, 0.5) is 0 Å². The zero-order chi connectivity index (χ0) is 25.6. The van der Waals surface area contributed by atoms with Crippen LogP contribution >= 0.6 is 0 Å². The van der Waals surface area contributed by atoms with Gasteiger partial charge in [-0.2, -0.15) is 5.26 Å². The largest absolute Gasteiger partial charge is 0.512 e. The topological polar surface area (TPSA) is 86.9 Å². The van der Waals surface area contributed by atoms with Crippen molar-refractivity contribution in [3.05, 3.63) is 82.4 Å². The summed E-state index contributed by atoms with van der Waals surface area (Å²) in [4.78, 5) is 19.5. The third kappa shape index (κ3) is 8.55. The number of nitriles is 1. The fraction of sp³-hybridized carbons (Fsp3) is 0.310. The van der Waals surface area contributed by atoms with Gasteiger partial charge in [-0.3, -0.25) is 9.78 Å². The monoisotopic (exact) mass is 647 g/mol. The molecule has 1 heterocycles. The van der Waals surface area contributed by atoms with Gasteiger partial charge in [0.1, 0.15) is 0 Å². The van der Waals surface area contributed by atoms with Gasteiger partial charge in [-0.15, -0.1) is 34.9 Å². The van der Waals surface area contributed by atoms with Crippen LogP contribution in [0.5, 0.6) is 0 Å². The average molecular weight is 647 g/mol. The molecule has 6 heteroatoms. The van der Waals surface area contributed by atoms with Gasteiger partial charge in [0.05, 0.1) is 23.1 Å².